The monoisotopic (exact) mass is 236 g/mol. The number of ether oxygens (including phenoxy) is 2. The first-order valence-electron chi connectivity index (χ1n) is 3.52. The number of rotatable bonds is 4. The third-order valence-corrected chi connectivity index (χ3v) is 0.899. The van der Waals surface area contributed by atoms with Crippen molar-refractivity contribution in [2.75, 3.05) is 13.2 Å². The Balaban J connectivity index is -0.000000500. The normalized spacial score (nSPS) is 7.54. The van der Waals surface area contributed by atoms with Gasteiger partial charge in [0.05, 0.1) is 13.2 Å². The summed E-state index contributed by atoms with van der Waals surface area (Å²) < 4.78 is 9.04. The number of halogens is 1. The quantitative estimate of drug-likeness (QED) is 0.538. The Labute approximate surface area is 114 Å². The van der Waals surface area contributed by atoms with Crippen molar-refractivity contribution in [3.63, 3.8) is 0 Å². The van der Waals surface area contributed by atoms with Gasteiger partial charge < -0.3 is 9.47 Å². The molecule has 0 saturated heterocycles. The predicted molar refractivity (Wildman–Crippen MR) is 45.1 cm³/mol. The molecule has 0 spiro atoms. The maximum Gasteiger partial charge on any atom is 0.317 e. The van der Waals surface area contributed by atoms with Gasteiger partial charge in [-0.15, -0.1) is 12.4 Å². The minimum atomic E-state index is -0.536. The Morgan fingerprint density at radius 3 is 1.54 bits per heavy atom. The van der Waals surface area contributed by atoms with Crippen molar-refractivity contribution in [3.8, 4) is 0 Å². The Morgan fingerprint density at radius 2 is 1.31 bits per heavy atom. The summed E-state index contributed by atoms with van der Waals surface area (Å²) in [6.07, 6.45) is -0.290. The van der Waals surface area contributed by atoms with Gasteiger partial charge in [-0.25, -0.2) is 0 Å². The van der Waals surface area contributed by atoms with Crippen LogP contribution in [0.15, 0.2) is 0 Å². The van der Waals surface area contributed by atoms with Crippen LogP contribution in [0.4, 0.5) is 0 Å². The topological polar surface area (TPSA) is 52.6 Å². The van der Waals surface area contributed by atoms with E-state index in [0.29, 0.717) is 0 Å². The average molecular weight is 237 g/mol. The molecule has 0 aromatic rings. The van der Waals surface area contributed by atoms with E-state index in [4.69, 9.17) is 0 Å². The number of esters is 2. The minimum Gasteiger partial charge on any atom is -0.466 e. The molecule has 0 amide bonds. The van der Waals surface area contributed by atoms with Gasteiger partial charge in [0.15, 0.2) is 0 Å². The summed E-state index contributed by atoms with van der Waals surface area (Å²) >= 11 is 0. The fourth-order valence-corrected chi connectivity index (χ4v) is 0.542. The molecule has 0 atom stereocenters. The van der Waals surface area contributed by atoms with Gasteiger partial charge in [0.1, 0.15) is 6.42 Å². The van der Waals surface area contributed by atoms with Gasteiger partial charge in [-0.3, -0.25) is 9.59 Å². The maximum absolute atomic E-state index is 10.6. The summed E-state index contributed by atoms with van der Waals surface area (Å²) in [6, 6.07) is 0. The van der Waals surface area contributed by atoms with Gasteiger partial charge in [0.2, 0.25) is 0 Å². The molecule has 0 aromatic carbocycles. The summed E-state index contributed by atoms with van der Waals surface area (Å²) in [5.74, 6) is -1.07. The molecule has 0 rings (SSSR count). The molecule has 0 aliphatic heterocycles. The minimum absolute atomic E-state index is 0. The van der Waals surface area contributed by atoms with E-state index in [1.165, 1.54) is 0 Å². The van der Waals surface area contributed by atoms with Crippen molar-refractivity contribution in [3.05, 3.63) is 0 Å². The molecule has 0 aliphatic carbocycles. The number of hydrogen-bond donors (Lipinski definition) is 0. The molecule has 0 aromatic heterocycles. The van der Waals surface area contributed by atoms with Crippen molar-refractivity contribution in [2.24, 2.45) is 0 Å². The van der Waals surface area contributed by atoms with Gasteiger partial charge in [0, 0.05) is 37.7 Å². The van der Waals surface area contributed by atoms with Crippen molar-refractivity contribution in [2.45, 2.75) is 20.3 Å². The number of carbonyl (C=O) groups excluding carboxylic acids is 2. The SMILES string of the molecule is CCOC(=O)CC(=O)OCC.Cl.[Ar]. The first kappa shape index (κ1) is 19.1. The zero-order valence-electron chi connectivity index (χ0n) is 7.52. The van der Waals surface area contributed by atoms with E-state index in [1.54, 1.807) is 13.8 Å². The van der Waals surface area contributed by atoms with Crippen molar-refractivity contribution < 1.29 is 56.8 Å². The molecule has 0 unspecified atom stereocenters. The summed E-state index contributed by atoms with van der Waals surface area (Å²) in [5.41, 5.74) is 0. The molecule has 0 saturated carbocycles. The van der Waals surface area contributed by atoms with Gasteiger partial charge in [-0.2, -0.15) is 0 Å². The maximum atomic E-state index is 10.6. The van der Waals surface area contributed by atoms with Crippen LogP contribution in [0.2, 0.25) is 0 Å². The van der Waals surface area contributed by atoms with Crippen LogP contribution in [0, 0.1) is 37.7 Å². The molecule has 13 heavy (non-hydrogen) atoms. The molecule has 80 valence electrons. The molecule has 0 radical (unpaired) electrons. The van der Waals surface area contributed by atoms with E-state index in [9.17, 15) is 9.59 Å². The second kappa shape index (κ2) is 12.5. The Kier molecular flexibility index (Phi) is 18.4. The number of hydrogen-bond acceptors (Lipinski definition) is 4. The van der Waals surface area contributed by atoms with E-state index in [-0.39, 0.29) is 69.8 Å². The van der Waals surface area contributed by atoms with E-state index >= 15 is 0 Å². The zero-order valence-corrected chi connectivity index (χ0v) is 9.04. The molecular formula is C7H13ArClO4. The van der Waals surface area contributed by atoms with Crippen LogP contribution in [-0.4, -0.2) is 25.2 Å². The van der Waals surface area contributed by atoms with Crippen molar-refractivity contribution in [1.29, 1.82) is 0 Å². The van der Waals surface area contributed by atoms with E-state index in [0.717, 1.165) is 0 Å². The average Bonchev–Trinajstić information content (AvgIpc) is 1.87. The number of carbonyl (C=O) groups is 2. The summed E-state index contributed by atoms with van der Waals surface area (Å²) in [4.78, 5) is 21.2. The molecule has 0 fully saturated rings. The largest absolute Gasteiger partial charge is 0.466 e. The fourth-order valence-electron chi connectivity index (χ4n) is 0.542. The first-order valence-corrected chi connectivity index (χ1v) is 3.52. The Bertz CT molecular complexity index is 135. The Hall–Kier alpha value is 0.490. The van der Waals surface area contributed by atoms with Crippen molar-refractivity contribution in [1.82, 2.24) is 0 Å². The van der Waals surface area contributed by atoms with Crippen LogP contribution in [0.5, 0.6) is 0 Å². The van der Waals surface area contributed by atoms with Gasteiger partial charge in [-0.1, -0.05) is 0 Å². The molecule has 0 bridgehead atoms. The Morgan fingerprint density at radius 1 is 1.00 bits per heavy atom. The second-order valence-electron chi connectivity index (χ2n) is 1.79. The first-order chi connectivity index (χ1) is 5.20. The summed E-state index contributed by atoms with van der Waals surface area (Å²) in [5, 5.41) is 0. The third kappa shape index (κ3) is 12.5. The molecule has 6 heteroatoms. The summed E-state index contributed by atoms with van der Waals surface area (Å²) in [7, 11) is 0. The molecule has 4 nitrogen and oxygen atoms in total. The van der Waals surface area contributed by atoms with Crippen LogP contribution < -0.4 is 0 Å². The van der Waals surface area contributed by atoms with E-state index in [1.807, 2.05) is 0 Å². The molecule has 0 aliphatic rings. The third-order valence-electron chi connectivity index (χ3n) is 0.899. The molecular weight excluding hydrogens is 223 g/mol. The van der Waals surface area contributed by atoms with Crippen LogP contribution in [0.3, 0.4) is 0 Å². The van der Waals surface area contributed by atoms with Gasteiger partial charge in [0.25, 0.3) is 0 Å². The van der Waals surface area contributed by atoms with E-state index < -0.39 is 11.9 Å². The van der Waals surface area contributed by atoms with Crippen LogP contribution >= 0.6 is 12.4 Å². The molecule has 0 heterocycles. The van der Waals surface area contributed by atoms with Gasteiger partial charge in [-0.05, 0) is 13.8 Å². The van der Waals surface area contributed by atoms with E-state index in [2.05, 4.69) is 9.47 Å². The van der Waals surface area contributed by atoms with Crippen molar-refractivity contribution >= 4 is 24.3 Å². The standard InChI is InChI=1S/C7H12O4.Ar.ClH/c1-3-10-6(8)5-7(9)11-4-2;;/h3-5H2,1-2H3;;1H. The molecule has 0 N–H and O–H groups in total. The van der Waals surface area contributed by atoms with Crippen LogP contribution in [0.1, 0.15) is 20.3 Å². The zero-order chi connectivity index (χ0) is 8.69. The van der Waals surface area contributed by atoms with Crippen LogP contribution in [0.25, 0.3) is 0 Å². The van der Waals surface area contributed by atoms with Crippen LogP contribution in [-0.2, 0) is 19.1 Å². The van der Waals surface area contributed by atoms with Gasteiger partial charge >= 0.3 is 11.9 Å². The fraction of sp³-hybridized carbons (Fsp3) is 0.714. The predicted octanol–water partition coefficient (Wildman–Crippen LogP) is 0.924. The second-order valence-corrected chi connectivity index (χ2v) is 1.79. The smallest absolute Gasteiger partial charge is 0.317 e. The summed E-state index contributed by atoms with van der Waals surface area (Å²) in [6.45, 7) is 3.95.